The number of carbonyl (C=O) groups is 1. The van der Waals surface area contributed by atoms with Gasteiger partial charge in [-0.2, -0.15) is 5.10 Å². The molecule has 0 atom stereocenters. The lowest BCUT2D eigenvalue weighted by molar-refractivity contribution is 0.100. The zero-order chi connectivity index (χ0) is 22.5. The number of carbonyl (C=O) groups excluding carboxylic acids is 1. The van der Waals surface area contributed by atoms with E-state index in [0.29, 0.717) is 52.0 Å². The van der Waals surface area contributed by atoms with Gasteiger partial charge < -0.3 is 20.8 Å². The second-order valence-corrected chi connectivity index (χ2v) is 8.67. The molecule has 4 rings (SSSR count). The van der Waals surface area contributed by atoms with Gasteiger partial charge >= 0.3 is 0 Å². The first-order chi connectivity index (χ1) is 14.6. The maximum atomic E-state index is 11.8. The highest BCUT2D eigenvalue weighted by atomic mass is 35.5. The summed E-state index contributed by atoms with van der Waals surface area (Å²) in [5.41, 5.74) is 14.4. The topological polar surface area (TPSA) is 127 Å². The molecular weight excluding hydrogens is 418 g/mol. The van der Waals surface area contributed by atoms with Crippen LogP contribution in [-0.4, -0.2) is 43.9 Å². The molecule has 4 aromatic rings. The molecule has 0 aliphatic carbocycles. The third kappa shape index (κ3) is 3.39. The Hall–Kier alpha value is -3.17. The Kier molecular flexibility index (Phi) is 5.10. The van der Waals surface area contributed by atoms with E-state index in [1.54, 1.807) is 25.3 Å². The zero-order valence-electron chi connectivity index (χ0n) is 17.8. The number of benzene rings is 1. The fourth-order valence-corrected chi connectivity index (χ4v) is 4.07. The van der Waals surface area contributed by atoms with Gasteiger partial charge in [-0.1, -0.05) is 17.7 Å². The minimum atomic E-state index is -0.515. The Labute approximate surface area is 183 Å². The van der Waals surface area contributed by atoms with Gasteiger partial charge in [-0.05, 0) is 32.9 Å². The van der Waals surface area contributed by atoms with E-state index >= 15 is 0 Å². The van der Waals surface area contributed by atoms with Crippen LogP contribution in [0.4, 0.5) is 5.82 Å². The van der Waals surface area contributed by atoms with E-state index < -0.39 is 5.91 Å². The summed E-state index contributed by atoms with van der Waals surface area (Å²) in [6.45, 7) is 7.00. The standard InChI is InChI=1S/C21H24ClN7O2/c1-21(2,3)29-20-14(18(23)25-10-26-20)16(27-29)17-15(22)12-6-5-11(19(24)30)9-13(12)28(17)7-8-31-4/h5-6,9-10H,7-8H2,1-4H3,(H2,24,30)(H2,23,25,26). The normalized spacial score (nSPS) is 12.2. The number of anilines is 1. The van der Waals surface area contributed by atoms with E-state index in [4.69, 9.17) is 32.9 Å². The predicted molar refractivity (Wildman–Crippen MR) is 121 cm³/mol. The number of fused-ring (bicyclic) bond motifs is 2. The van der Waals surface area contributed by atoms with Gasteiger partial charge in [0.15, 0.2) is 5.65 Å². The van der Waals surface area contributed by atoms with Crippen molar-refractivity contribution in [2.24, 2.45) is 5.73 Å². The van der Waals surface area contributed by atoms with Crippen LogP contribution in [0.5, 0.6) is 0 Å². The molecule has 0 saturated heterocycles. The minimum absolute atomic E-state index is 0.313. The highest BCUT2D eigenvalue weighted by molar-refractivity contribution is 6.39. The van der Waals surface area contributed by atoms with Crippen LogP contribution in [0.25, 0.3) is 33.3 Å². The van der Waals surface area contributed by atoms with Gasteiger partial charge in [-0.15, -0.1) is 0 Å². The average molecular weight is 442 g/mol. The number of nitrogen functional groups attached to an aromatic ring is 1. The summed E-state index contributed by atoms with van der Waals surface area (Å²) < 4.78 is 9.10. The third-order valence-corrected chi connectivity index (χ3v) is 5.54. The van der Waals surface area contributed by atoms with Crippen LogP contribution in [0.1, 0.15) is 31.1 Å². The molecule has 0 saturated carbocycles. The third-order valence-electron chi connectivity index (χ3n) is 5.16. The summed E-state index contributed by atoms with van der Waals surface area (Å²) in [6, 6.07) is 5.17. The summed E-state index contributed by atoms with van der Waals surface area (Å²) in [7, 11) is 1.62. The number of hydrogen-bond acceptors (Lipinski definition) is 6. The second-order valence-electron chi connectivity index (χ2n) is 8.29. The number of ether oxygens (including phenoxy) is 1. The number of primary amides is 1. The van der Waals surface area contributed by atoms with Crippen molar-refractivity contribution in [3.05, 3.63) is 35.1 Å². The number of nitrogens with zero attached hydrogens (tertiary/aromatic N) is 5. The fraction of sp³-hybridized carbons (Fsp3) is 0.333. The van der Waals surface area contributed by atoms with Crippen molar-refractivity contribution in [3.8, 4) is 11.4 Å². The van der Waals surface area contributed by atoms with Gasteiger partial charge in [0.2, 0.25) is 5.91 Å². The summed E-state index contributed by atoms with van der Waals surface area (Å²) in [4.78, 5) is 20.4. The molecule has 0 bridgehead atoms. The van der Waals surface area contributed by atoms with E-state index in [-0.39, 0.29) is 5.54 Å². The minimum Gasteiger partial charge on any atom is -0.383 e. The number of aromatic nitrogens is 5. The Morgan fingerprint density at radius 3 is 2.65 bits per heavy atom. The van der Waals surface area contributed by atoms with Crippen molar-refractivity contribution < 1.29 is 9.53 Å². The molecule has 0 radical (unpaired) electrons. The molecular formula is C21H24ClN7O2. The van der Waals surface area contributed by atoms with Gasteiger partial charge in [0.25, 0.3) is 0 Å². The van der Waals surface area contributed by atoms with Crippen LogP contribution in [0.3, 0.4) is 0 Å². The average Bonchev–Trinajstić information content (AvgIpc) is 3.22. The number of rotatable bonds is 5. The quantitative estimate of drug-likeness (QED) is 0.489. The van der Waals surface area contributed by atoms with Crippen LogP contribution in [0.2, 0.25) is 5.02 Å². The molecule has 0 fully saturated rings. The van der Waals surface area contributed by atoms with Gasteiger partial charge in [0.1, 0.15) is 17.8 Å². The highest BCUT2D eigenvalue weighted by Crippen LogP contribution is 2.41. The lowest BCUT2D eigenvalue weighted by atomic mass is 10.1. The molecule has 1 aromatic carbocycles. The van der Waals surface area contributed by atoms with E-state index in [9.17, 15) is 4.79 Å². The van der Waals surface area contributed by atoms with Gasteiger partial charge in [-0.3, -0.25) is 4.79 Å². The fourth-order valence-electron chi connectivity index (χ4n) is 3.71. The van der Waals surface area contributed by atoms with E-state index in [2.05, 4.69) is 9.97 Å². The number of halogens is 1. The van der Waals surface area contributed by atoms with Crippen LogP contribution in [0, 0.1) is 0 Å². The Balaban J connectivity index is 2.12. The van der Waals surface area contributed by atoms with Crippen LogP contribution in [0.15, 0.2) is 24.5 Å². The molecule has 1 amide bonds. The number of hydrogen-bond donors (Lipinski definition) is 2. The maximum absolute atomic E-state index is 11.8. The Morgan fingerprint density at radius 2 is 2.00 bits per heavy atom. The number of amides is 1. The molecule has 0 aliphatic heterocycles. The SMILES string of the molecule is COCCn1c(-c2nn(C(C)(C)C)c3ncnc(N)c23)c(Cl)c2ccc(C(N)=O)cc21. The van der Waals surface area contributed by atoms with Crippen molar-refractivity contribution in [1.29, 1.82) is 0 Å². The van der Waals surface area contributed by atoms with Crippen molar-refractivity contribution in [3.63, 3.8) is 0 Å². The number of nitrogens with two attached hydrogens (primary N) is 2. The molecule has 10 heteroatoms. The summed E-state index contributed by atoms with van der Waals surface area (Å²) in [5, 5.41) is 6.75. The predicted octanol–water partition coefficient (Wildman–Crippen LogP) is 3.18. The molecule has 31 heavy (non-hydrogen) atoms. The van der Waals surface area contributed by atoms with Crippen LogP contribution < -0.4 is 11.5 Å². The van der Waals surface area contributed by atoms with Gasteiger partial charge in [-0.25, -0.2) is 14.6 Å². The first kappa shape index (κ1) is 21.1. The lowest BCUT2D eigenvalue weighted by Gasteiger charge is -2.19. The lowest BCUT2D eigenvalue weighted by Crippen LogP contribution is -2.23. The van der Waals surface area contributed by atoms with Crippen molar-refractivity contribution in [2.75, 3.05) is 19.5 Å². The smallest absolute Gasteiger partial charge is 0.248 e. The van der Waals surface area contributed by atoms with Crippen molar-refractivity contribution >= 4 is 45.3 Å². The largest absolute Gasteiger partial charge is 0.383 e. The molecule has 0 unspecified atom stereocenters. The summed E-state index contributed by atoms with van der Waals surface area (Å²) >= 11 is 6.88. The van der Waals surface area contributed by atoms with E-state index in [1.165, 1.54) is 6.33 Å². The van der Waals surface area contributed by atoms with Crippen molar-refractivity contribution in [2.45, 2.75) is 32.9 Å². The van der Waals surface area contributed by atoms with Crippen LogP contribution in [-0.2, 0) is 16.8 Å². The Morgan fingerprint density at radius 1 is 1.26 bits per heavy atom. The van der Waals surface area contributed by atoms with Gasteiger partial charge in [0, 0.05) is 24.6 Å². The summed E-state index contributed by atoms with van der Waals surface area (Å²) in [5.74, 6) is -0.202. The summed E-state index contributed by atoms with van der Waals surface area (Å²) in [6.07, 6.45) is 1.42. The zero-order valence-corrected chi connectivity index (χ0v) is 18.6. The molecule has 3 heterocycles. The molecule has 3 aromatic heterocycles. The highest BCUT2D eigenvalue weighted by Gasteiger charge is 2.28. The Bertz CT molecular complexity index is 1320. The molecule has 0 spiro atoms. The first-order valence-electron chi connectivity index (χ1n) is 9.75. The van der Waals surface area contributed by atoms with E-state index in [1.807, 2.05) is 30.0 Å². The number of methoxy groups -OCH3 is 1. The van der Waals surface area contributed by atoms with E-state index in [0.717, 1.165) is 10.9 Å². The molecule has 0 aliphatic rings. The molecule has 4 N–H and O–H groups in total. The second kappa shape index (κ2) is 7.51. The monoisotopic (exact) mass is 441 g/mol. The maximum Gasteiger partial charge on any atom is 0.248 e. The van der Waals surface area contributed by atoms with Crippen LogP contribution >= 0.6 is 11.6 Å². The molecule has 162 valence electrons. The van der Waals surface area contributed by atoms with Crippen molar-refractivity contribution in [1.82, 2.24) is 24.3 Å². The van der Waals surface area contributed by atoms with Gasteiger partial charge in [0.05, 0.1) is 33.8 Å². The molecule has 9 nitrogen and oxygen atoms in total. The first-order valence-corrected chi connectivity index (χ1v) is 10.1.